The summed E-state index contributed by atoms with van der Waals surface area (Å²) in [5, 5.41) is 16.6. The summed E-state index contributed by atoms with van der Waals surface area (Å²) < 4.78 is 20.7. The maximum atomic E-state index is 14.1. The van der Waals surface area contributed by atoms with Gasteiger partial charge in [-0.15, -0.1) is 0 Å². The Bertz CT molecular complexity index is 732. The summed E-state index contributed by atoms with van der Waals surface area (Å²) in [7, 11) is 1.41. The van der Waals surface area contributed by atoms with E-state index < -0.39 is 5.82 Å². The van der Waals surface area contributed by atoms with Gasteiger partial charge in [0.1, 0.15) is 12.7 Å². The topological polar surface area (TPSA) is 89.3 Å². The minimum absolute atomic E-state index is 0.0945. The molecule has 0 saturated heterocycles. The molecule has 0 aliphatic heterocycles. The number of carbonyl (C=O) groups excluding carboxylic acids is 1. The van der Waals surface area contributed by atoms with E-state index in [4.69, 9.17) is 4.74 Å². The number of aromatic nitrogens is 3. The van der Waals surface area contributed by atoms with Crippen molar-refractivity contribution < 1.29 is 19.0 Å². The molecule has 0 spiro atoms. The van der Waals surface area contributed by atoms with Crippen molar-refractivity contribution in [1.82, 2.24) is 20.1 Å². The molecular weight excluding hydrogens is 339 g/mol. The first-order valence-corrected chi connectivity index (χ1v) is 8.70. The lowest BCUT2D eigenvalue weighted by atomic mass is 9.75. The van der Waals surface area contributed by atoms with Crippen molar-refractivity contribution in [1.29, 1.82) is 0 Å². The number of carbonyl (C=O) groups is 1. The van der Waals surface area contributed by atoms with E-state index in [2.05, 4.69) is 15.4 Å². The maximum Gasteiger partial charge on any atom is 0.220 e. The molecule has 1 fully saturated rings. The van der Waals surface area contributed by atoms with Gasteiger partial charge in [-0.05, 0) is 42.9 Å². The van der Waals surface area contributed by atoms with Gasteiger partial charge in [0.25, 0.3) is 0 Å². The second-order valence-electron chi connectivity index (χ2n) is 6.59. The lowest BCUT2D eigenvalue weighted by Crippen LogP contribution is -2.41. The van der Waals surface area contributed by atoms with Crippen LogP contribution in [0.1, 0.15) is 37.3 Å². The van der Waals surface area contributed by atoms with Crippen LogP contribution in [0.15, 0.2) is 30.9 Å². The fourth-order valence-electron chi connectivity index (χ4n) is 3.25. The van der Waals surface area contributed by atoms with Gasteiger partial charge in [0.05, 0.1) is 19.3 Å². The third-order valence-electron chi connectivity index (χ3n) is 4.73. The lowest BCUT2D eigenvalue weighted by molar-refractivity contribution is -0.123. The predicted octanol–water partition coefficient (Wildman–Crippen LogP) is 1.83. The van der Waals surface area contributed by atoms with E-state index in [1.165, 1.54) is 19.5 Å². The van der Waals surface area contributed by atoms with E-state index in [-0.39, 0.29) is 29.7 Å². The molecule has 1 aliphatic carbocycles. The fraction of sp³-hybridized carbons (Fsp3) is 0.500. The number of aryl methyl sites for hydroxylation is 1. The second kappa shape index (κ2) is 8.27. The molecule has 1 atom stereocenters. The molecule has 1 heterocycles. The van der Waals surface area contributed by atoms with Gasteiger partial charge in [-0.1, -0.05) is 6.07 Å². The largest absolute Gasteiger partial charge is 0.494 e. The Morgan fingerprint density at radius 3 is 2.92 bits per heavy atom. The van der Waals surface area contributed by atoms with Crippen molar-refractivity contribution in [3.05, 3.63) is 42.2 Å². The molecule has 0 radical (unpaired) electrons. The van der Waals surface area contributed by atoms with Crippen LogP contribution in [0.25, 0.3) is 0 Å². The van der Waals surface area contributed by atoms with Crippen LogP contribution in [-0.4, -0.2) is 39.0 Å². The number of nitrogens with zero attached hydrogens (tertiary/aromatic N) is 3. The first-order chi connectivity index (χ1) is 12.6. The van der Waals surface area contributed by atoms with Crippen LogP contribution in [0.3, 0.4) is 0 Å². The summed E-state index contributed by atoms with van der Waals surface area (Å²) in [4.78, 5) is 16.2. The molecular formula is C18H23FN4O3. The van der Waals surface area contributed by atoms with Gasteiger partial charge in [0.15, 0.2) is 11.6 Å². The molecule has 7 nitrogen and oxygen atoms in total. The average molecular weight is 362 g/mol. The number of nitrogens with one attached hydrogen (secondary N) is 1. The van der Waals surface area contributed by atoms with Crippen molar-refractivity contribution in [2.75, 3.05) is 7.11 Å². The van der Waals surface area contributed by atoms with Crippen LogP contribution in [-0.2, 0) is 11.3 Å². The molecule has 8 heteroatoms. The molecule has 1 amide bonds. The third-order valence-corrected chi connectivity index (χ3v) is 4.73. The molecule has 26 heavy (non-hydrogen) atoms. The van der Waals surface area contributed by atoms with Crippen molar-refractivity contribution in [3.63, 3.8) is 0 Å². The molecule has 1 aromatic carbocycles. The molecule has 140 valence electrons. The third kappa shape index (κ3) is 4.37. The van der Waals surface area contributed by atoms with Crippen LogP contribution in [0.5, 0.6) is 5.75 Å². The Kier molecular flexibility index (Phi) is 5.82. The predicted molar refractivity (Wildman–Crippen MR) is 91.8 cm³/mol. The molecule has 2 aromatic rings. The number of methoxy groups -OCH3 is 1. The minimum Gasteiger partial charge on any atom is -0.494 e. The van der Waals surface area contributed by atoms with Crippen LogP contribution < -0.4 is 10.1 Å². The van der Waals surface area contributed by atoms with Crippen LogP contribution in [0.2, 0.25) is 0 Å². The van der Waals surface area contributed by atoms with Gasteiger partial charge in [-0.25, -0.2) is 9.37 Å². The van der Waals surface area contributed by atoms with Gasteiger partial charge >= 0.3 is 0 Å². The standard InChI is InChI=1S/C18H23FN4O3/c1-26-16-5-4-12(9-15(16)19)18(13-7-14(24)8-13)22-17(25)3-2-6-23-11-20-10-21-23/h4-5,9-11,13-14,18,24H,2-3,6-8H2,1H3,(H,22,25). The zero-order chi connectivity index (χ0) is 18.5. The van der Waals surface area contributed by atoms with E-state index in [1.807, 2.05) is 0 Å². The Morgan fingerprint density at radius 1 is 1.50 bits per heavy atom. The molecule has 1 unspecified atom stereocenters. The molecule has 1 aliphatic rings. The number of hydrogen-bond acceptors (Lipinski definition) is 5. The van der Waals surface area contributed by atoms with E-state index >= 15 is 0 Å². The Labute approximate surface area is 151 Å². The van der Waals surface area contributed by atoms with E-state index in [1.54, 1.807) is 23.1 Å². The highest BCUT2D eigenvalue weighted by atomic mass is 19.1. The molecule has 2 N–H and O–H groups in total. The van der Waals surface area contributed by atoms with Crippen molar-refractivity contribution in [2.45, 2.75) is 44.4 Å². The summed E-state index contributed by atoms with van der Waals surface area (Å²) in [5.74, 6) is -0.305. The van der Waals surface area contributed by atoms with E-state index in [0.717, 1.165) is 0 Å². The van der Waals surface area contributed by atoms with Crippen molar-refractivity contribution in [3.8, 4) is 5.75 Å². The number of rotatable bonds is 8. The highest BCUT2D eigenvalue weighted by Crippen LogP contribution is 2.39. The number of ether oxygens (including phenoxy) is 1. The monoisotopic (exact) mass is 362 g/mol. The number of aliphatic hydroxyl groups is 1. The average Bonchev–Trinajstić information content (AvgIpc) is 3.10. The van der Waals surface area contributed by atoms with Gasteiger partial charge in [-0.3, -0.25) is 9.48 Å². The molecule has 0 bridgehead atoms. The first kappa shape index (κ1) is 18.3. The number of benzene rings is 1. The van der Waals surface area contributed by atoms with Crippen LogP contribution in [0.4, 0.5) is 4.39 Å². The summed E-state index contributed by atoms with van der Waals surface area (Å²) >= 11 is 0. The second-order valence-corrected chi connectivity index (χ2v) is 6.59. The summed E-state index contributed by atoms with van der Waals surface area (Å²) in [6, 6.07) is 4.39. The zero-order valence-corrected chi connectivity index (χ0v) is 14.6. The fourth-order valence-corrected chi connectivity index (χ4v) is 3.25. The normalized spacial score (nSPS) is 20.3. The number of amides is 1. The van der Waals surface area contributed by atoms with Crippen molar-refractivity contribution in [2.24, 2.45) is 5.92 Å². The Balaban J connectivity index is 1.62. The number of halogens is 1. The highest BCUT2D eigenvalue weighted by molar-refractivity contribution is 5.76. The van der Waals surface area contributed by atoms with Crippen molar-refractivity contribution >= 4 is 5.91 Å². The van der Waals surface area contributed by atoms with E-state index in [9.17, 15) is 14.3 Å². The summed E-state index contributed by atoms with van der Waals surface area (Å²) in [6.45, 7) is 0.609. The van der Waals surface area contributed by atoms with Crippen LogP contribution >= 0.6 is 0 Å². The Hall–Kier alpha value is -2.48. The smallest absolute Gasteiger partial charge is 0.220 e. The quantitative estimate of drug-likeness (QED) is 0.748. The maximum absolute atomic E-state index is 14.1. The lowest BCUT2D eigenvalue weighted by Gasteiger charge is -2.38. The van der Waals surface area contributed by atoms with Gasteiger partial charge < -0.3 is 15.2 Å². The van der Waals surface area contributed by atoms with Gasteiger partial charge in [-0.2, -0.15) is 5.10 Å². The number of aliphatic hydroxyl groups excluding tert-OH is 1. The zero-order valence-electron chi connectivity index (χ0n) is 14.6. The van der Waals surface area contributed by atoms with Gasteiger partial charge in [0.2, 0.25) is 5.91 Å². The van der Waals surface area contributed by atoms with Gasteiger partial charge in [0, 0.05) is 13.0 Å². The molecule has 1 saturated carbocycles. The Morgan fingerprint density at radius 2 is 2.31 bits per heavy atom. The summed E-state index contributed by atoms with van der Waals surface area (Å²) in [5.41, 5.74) is 0.685. The number of hydrogen-bond donors (Lipinski definition) is 2. The highest BCUT2D eigenvalue weighted by Gasteiger charge is 2.35. The molecule has 3 rings (SSSR count). The van der Waals surface area contributed by atoms with E-state index in [0.29, 0.717) is 37.8 Å². The molecule has 1 aromatic heterocycles. The van der Waals surface area contributed by atoms with Crippen LogP contribution in [0, 0.1) is 11.7 Å². The summed E-state index contributed by atoms with van der Waals surface area (Å²) in [6.07, 6.45) is 4.87. The first-order valence-electron chi connectivity index (χ1n) is 8.70. The minimum atomic E-state index is -0.463. The SMILES string of the molecule is COc1ccc(C(NC(=O)CCCn2cncn2)C2CC(O)C2)cc1F.